The maximum absolute atomic E-state index is 12.6. The molecule has 0 aliphatic rings. The van der Waals surface area contributed by atoms with E-state index in [2.05, 4.69) is 44.3 Å². The largest absolute Gasteiger partial charge is 0.423 e. The highest BCUT2D eigenvalue weighted by atomic mass is 16.5. The Bertz CT molecular complexity index is 1370. The van der Waals surface area contributed by atoms with Crippen LogP contribution in [0.5, 0.6) is 11.5 Å². The number of aryl methyl sites for hydroxylation is 1. The molecule has 0 saturated carbocycles. The molecule has 6 nitrogen and oxygen atoms in total. The van der Waals surface area contributed by atoms with Gasteiger partial charge in [0.2, 0.25) is 0 Å². The predicted octanol–water partition coefficient (Wildman–Crippen LogP) is 7.47. The van der Waals surface area contributed by atoms with E-state index in [1.54, 1.807) is 18.2 Å². The molecule has 0 aromatic heterocycles. The van der Waals surface area contributed by atoms with E-state index >= 15 is 0 Å². The number of benzene rings is 3. The first kappa shape index (κ1) is 31.3. The van der Waals surface area contributed by atoms with Crippen LogP contribution >= 0.6 is 0 Å². The fourth-order valence-electron chi connectivity index (χ4n) is 4.04. The van der Waals surface area contributed by atoms with E-state index in [-0.39, 0.29) is 24.4 Å². The van der Waals surface area contributed by atoms with E-state index in [0.717, 1.165) is 28.7 Å². The van der Waals surface area contributed by atoms with Gasteiger partial charge in [0.1, 0.15) is 11.5 Å². The Balaban J connectivity index is 1.84. The summed E-state index contributed by atoms with van der Waals surface area (Å²) in [6, 6.07) is 21.2. The van der Waals surface area contributed by atoms with Crippen LogP contribution in [0.2, 0.25) is 0 Å². The van der Waals surface area contributed by atoms with Crippen molar-refractivity contribution < 1.29 is 28.5 Å². The van der Waals surface area contributed by atoms with Gasteiger partial charge in [0, 0.05) is 19.8 Å². The van der Waals surface area contributed by atoms with Gasteiger partial charge in [-0.3, -0.25) is 0 Å². The standard InChI is InChI=1S/C35H38O6/c1-6-7-8-9-27-10-12-28(13-11-27)14-15-31-22-30(18-21-33(31)41-35(37)26(3)24-39-5)29-16-19-32(20-17-29)40-34(36)25(2)23-38-4/h10-22H,2-3,6-9,23-24H2,1,4-5H3/b15-14+. The van der Waals surface area contributed by atoms with Crippen molar-refractivity contribution in [2.24, 2.45) is 0 Å². The fraction of sp³-hybridized carbons (Fsp3) is 0.257. The molecule has 3 aromatic rings. The summed E-state index contributed by atoms with van der Waals surface area (Å²) in [5.41, 5.74) is 5.33. The van der Waals surface area contributed by atoms with Gasteiger partial charge in [-0.2, -0.15) is 0 Å². The third kappa shape index (κ3) is 9.71. The summed E-state index contributed by atoms with van der Waals surface area (Å²) in [5, 5.41) is 0. The first-order valence-corrected chi connectivity index (χ1v) is 13.6. The van der Waals surface area contributed by atoms with Crippen molar-refractivity contribution in [2.75, 3.05) is 27.4 Å². The van der Waals surface area contributed by atoms with E-state index in [9.17, 15) is 9.59 Å². The van der Waals surface area contributed by atoms with E-state index in [0.29, 0.717) is 11.5 Å². The van der Waals surface area contributed by atoms with Crippen molar-refractivity contribution in [2.45, 2.75) is 32.6 Å². The lowest BCUT2D eigenvalue weighted by Crippen LogP contribution is -2.14. The SMILES string of the molecule is C=C(COC)C(=O)Oc1ccc(-c2ccc(OC(=O)C(=C)COC)c(/C=C/c3ccc(CCCCC)cc3)c2)cc1. The average Bonchev–Trinajstić information content (AvgIpc) is 2.98. The number of hydrogen-bond acceptors (Lipinski definition) is 6. The van der Waals surface area contributed by atoms with Gasteiger partial charge in [0.25, 0.3) is 0 Å². The Morgan fingerprint density at radius 3 is 1.95 bits per heavy atom. The van der Waals surface area contributed by atoms with Crippen LogP contribution in [-0.4, -0.2) is 39.4 Å². The van der Waals surface area contributed by atoms with Gasteiger partial charge in [0.05, 0.1) is 24.4 Å². The van der Waals surface area contributed by atoms with E-state index < -0.39 is 11.9 Å². The van der Waals surface area contributed by atoms with Crippen LogP contribution in [0.3, 0.4) is 0 Å². The molecule has 0 aliphatic heterocycles. The summed E-state index contributed by atoms with van der Waals surface area (Å²) in [6.07, 6.45) is 8.61. The molecule has 0 bridgehead atoms. The first-order chi connectivity index (χ1) is 19.8. The van der Waals surface area contributed by atoms with Crippen molar-refractivity contribution in [3.63, 3.8) is 0 Å². The Hall–Kier alpha value is -4.26. The number of unbranched alkanes of at least 4 members (excludes halogenated alkanes) is 2. The Morgan fingerprint density at radius 2 is 1.34 bits per heavy atom. The highest BCUT2D eigenvalue weighted by Gasteiger charge is 2.14. The molecule has 0 spiro atoms. The highest BCUT2D eigenvalue weighted by Crippen LogP contribution is 2.30. The molecule has 3 aromatic carbocycles. The molecule has 0 unspecified atom stereocenters. The first-order valence-electron chi connectivity index (χ1n) is 13.6. The van der Waals surface area contributed by atoms with Crippen LogP contribution in [-0.2, 0) is 25.5 Å². The van der Waals surface area contributed by atoms with Crippen molar-refractivity contribution in [3.8, 4) is 22.6 Å². The van der Waals surface area contributed by atoms with Crippen LogP contribution in [0, 0.1) is 0 Å². The number of hydrogen-bond donors (Lipinski definition) is 0. The van der Waals surface area contributed by atoms with Crippen LogP contribution in [0.25, 0.3) is 23.3 Å². The van der Waals surface area contributed by atoms with Crippen LogP contribution in [0.4, 0.5) is 0 Å². The maximum atomic E-state index is 12.6. The highest BCUT2D eigenvalue weighted by molar-refractivity contribution is 5.91. The lowest BCUT2D eigenvalue weighted by molar-refractivity contribution is -0.131. The second-order valence-corrected chi connectivity index (χ2v) is 9.66. The zero-order chi connectivity index (χ0) is 29.6. The molecule has 0 saturated heterocycles. The lowest BCUT2D eigenvalue weighted by atomic mass is 10.0. The van der Waals surface area contributed by atoms with Crippen LogP contribution in [0.1, 0.15) is 42.9 Å². The van der Waals surface area contributed by atoms with E-state index in [1.165, 1.54) is 39.0 Å². The van der Waals surface area contributed by atoms with Crippen molar-refractivity contribution in [3.05, 3.63) is 108 Å². The second-order valence-electron chi connectivity index (χ2n) is 9.66. The summed E-state index contributed by atoms with van der Waals surface area (Å²) in [4.78, 5) is 24.7. The minimum absolute atomic E-state index is 0.0857. The van der Waals surface area contributed by atoms with Crippen molar-refractivity contribution in [1.82, 2.24) is 0 Å². The van der Waals surface area contributed by atoms with E-state index in [4.69, 9.17) is 18.9 Å². The number of carbonyl (C=O) groups excluding carboxylic acids is 2. The van der Waals surface area contributed by atoms with Crippen LogP contribution < -0.4 is 9.47 Å². The molecule has 41 heavy (non-hydrogen) atoms. The number of carbonyl (C=O) groups is 2. The summed E-state index contributed by atoms with van der Waals surface area (Å²) in [5.74, 6) is -0.281. The fourth-order valence-corrected chi connectivity index (χ4v) is 4.04. The average molecular weight is 555 g/mol. The minimum Gasteiger partial charge on any atom is -0.423 e. The monoisotopic (exact) mass is 554 g/mol. The molecule has 0 fully saturated rings. The zero-order valence-electron chi connectivity index (χ0n) is 24.1. The number of esters is 2. The minimum atomic E-state index is -0.549. The molecule has 0 aliphatic carbocycles. The third-order valence-electron chi connectivity index (χ3n) is 6.33. The van der Waals surface area contributed by atoms with Crippen molar-refractivity contribution in [1.29, 1.82) is 0 Å². The maximum Gasteiger partial charge on any atom is 0.341 e. The molecular formula is C35H38O6. The van der Waals surface area contributed by atoms with Gasteiger partial charge in [-0.05, 0) is 59.4 Å². The van der Waals surface area contributed by atoms with Gasteiger partial charge in [-0.1, -0.05) is 87.5 Å². The second kappa shape index (κ2) is 16.1. The molecule has 0 heterocycles. The van der Waals surface area contributed by atoms with Gasteiger partial charge in [0.15, 0.2) is 0 Å². The molecule has 3 rings (SSSR count). The molecule has 6 heteroatoms. The quantitative estimate of drug-likeness (QED) is 0.0638. The van der Waals surface area contributed by atoms with Gasteiger partial charge >= 0.3 is 11.9 Å². The molecule has 0 atom stereocenters. The molecule has 0 N–H and O–H groups in total. The lowest BCUT2D eigenvalue weighted by Gasteiger charge is -2.12. The van der Waals surface area contributed by atoms with Gasteiger partial charge in [-0.15, -0.1) is 0 Å². The van der Waals surface area contributed by atoms with Gasteiger partial charge in [-0.25, -0.2) is 9.59 Å². The normalized spacial score (nSPS) is 10.9. The topological polar surface area (TPSA) is 71.1 Å². The third-order valence-corrected chi connectivity index (χ3v) is 6.33. The summed E-state index contributed by atoms with van der Waals surface area (Å²) < 4.78 is 21.0. The van der Waals surface area contributed by atoms with E-state index in [1.807, 2.05) is 36.4 Å². The summed E-state index contributed by atoms with van der Waals surface area (Å²) >= 11 is 0. The van der Waals surface area contributed by atoms with Crippen molar-refractivity contribution >= 4 is 24.1 Å². The number of rotatable bonds is 15. The number of ether oxygens (including phenoxy) is 4. The van der Waals surface area contributed by atoms with Gasteiger partial charge < -0.3 is 18.9 Å². The smallest absolute Gasteiger partial charge is 0.341 e. The zero-order valence-corrected chi connectivity index (χ0v) is 24.1. The number of methoxy groups -OCH3 is 2. The Kier molecular flexibility index (Phi) is 12.3. The molecular weight excluding hydrogens is 516 g/mol. The molecule has 0 radical (unpaired) electrons. The van der Waals surface area contributed by atoms with Crippen LogP contribution in [0.15, 0.2) is 91.0 Å². The Morgan fingerprint density at radius 1 is 0.732 bits per heavy atom. The Labute approximate surface area is 242 Å². The summed E-state index contributed by atoms with van der Waals surface area (Å²) in [6.45, 7) is 9.81. The molecule has 214 valence electrons. The molecule has 0 amide bonds. The predicted molar refractivity (Wildman–Crippen MR) is 164 cm³/mol. The summed E-state index contributed by atoms with van der Waals surface area (Å²) in [7, 11) is 2.99.